The minimum atomic E-state index is -1.05. The predicted octanol–water partition coefficient (Wildman–Crippen LogP) is 2.31. The molecule has 1 saturated heterocycles. The van der Waals surface area contributed by atoms with Gasteiger partial charge in [0.05, 0.1) is 0 Å². The number of barbiturate groups is 1. The third-order valence-corrected chi connectivity index (χ3v) is 5.61. The fourth-order valence-electron chi connectivity index (χ4n) is 3.71. The summed E-state index contributed by atoms with van der Waals surface area (Å²) in [6, 6.07) is -0.520. The number of nitrogens with one attached hydrogen (secondary N) is 1. The summed E-state index contributed by atoms with van der Waals surface area (Å²) in [5.74, 6) is 1.08. The molecule has 116 valence electrons. The van der Waals surface area contributed by atoms with Crippen LogP contribution in [0, 0.1) is 23.2 Å². The van der Waals surface area contributed by atoms with Gasteiger partial charge < -0.3 is 0 Å². The highest BCUT2D eigenvalue weighted by atomic mass is 16.2. The predicted molar refractivity (Wildman–Crippen MR) is 77.2 cm³/mol. The Hall–Kier alpha value is -1.39. The summed E-state index contributed by atoms with van der Waals surface area (Å²) < 4.78 is 0. The summed E-state index contributed by atoms with van der Waals surface area (Å²) in [5.41, 5.74) is -1.05. The molecule has 3 aliphatic rings. The van der Waals surface area contributed by atoms with Crippen molar-refractivity contribution in [2.24, 2.45) is 23.2 Å². The lowest BCUT2D eigenvalue weighted by molar-refractivity contribution is -0.152. The van der Waals surface area contributed by atoms with E-state index in [0.717, 1.165) is 0 Å². The van der Waals surface area contributed by atoms with Crippen LogP contribution < -0.4 is 5.32 Å². The molecule has 4 amide bonds. The van der Waals surface area contributed by atoms with Crippen LogP contribution in [0.25, 0.3) is 0 Å². The van der Waals surface area contributed by atoms with Gasteiger partial charge in [0.25, 0.3) is 0 Å². The van der Waals surface area contributed by atoms with Gasteiger partial charge in [0.1, 0.15) is 5.41 Å². The highest BCUT2D eigenvalue weighted by molar-refractivity contribution is 6.19. The van der Waals surface area contributed by atoms with Crippen molar-refractivity contribution in [1.82, 2.24) is 10.2 Å². The summed E-state index contributed by atoms with van der Waals surface area (Å²) in [6.45, 7) is 4.18. The maximum absolute atomic E-state index is 12.8. The molecular formula is C16H24N2O3. The van der Waals surface area contributed by atoms with Gasteiger partial charge in [-0.3, -0.25) is 19.8 Å². The lowest BCUT2D eigenvalue weighted by atomic mass is 9.78. The first-order valence-electron chi connectivity index (χ1n) is 8.21. The van der Waals surface area contributed by atoms with Crippen molar-refractivity contribution < 1.29 is 14.4 Å². The van der Waals surface area contributed by atoms with Crippen molar-refractivity contribution >= 4 is 17.8 Å². The number of nitrogens with zero attached hydrogens (tertiary/aromatic N) is 1. The third-order valence-electron chi connectivity index (χ3n) is 5.61. The molecule has 21 heavy (non-hydrogen) atoms. The molecule has 1 aliphatic heterocycles. The quantitative estimate of drug-likeness (QED) is 0.764. The Kier molecular flexibility index (Phi) is 3.54. The van der Waals surface area contributed by atoms with Gasteiger partial charge in [-0.1, -0.05) is 13.8 Å². The Labute approximate surface area is 125 Å². The molecule has 1 heterocycles. The fraction of sp³-hybridized carbons (Fsp3) is 0.812. The van der Waals surface area contributed by atoms with Crippen LogP contribution in [0.3, 0.4) is 0 Å². The van der Waals surface area contributed by atoms with Crippen molar-refractivity contribution in [3.05, 3.63) is 0 Å². The number of hydrogen-bond acceptors (Lipinski definition) is 3. The zero-order chi connectivity index (χ0) is 15.2. The van der Waals surface area contributed by atoms with Crippen LogP contribution in [0.5, 0.6) is 0 Å². The van der Waals surface area contributed by atoms with E-state index in [1.807, 2.05) is 13.8 Å². The highest BCUT2D eigenvalue weighted by Crippen LogP contribution is 2.50. The van der Waals surface area contributed by atoms with E-state index in [9.17, 15) is 14.4 Å². The van der Waals surface area contributed by atoms with Crippen molar-refractivity contribution in [1.29, 1.82) is 0 Å². The van der Waals surface area contributed by atoms with Crippen molar-refractivity contribution in [2.75, 3.05) is 6.54 Å². The highest BCUT2D eigenvalue weighted by Gasteiger charge is 2.53. The van der Waals surface area contributed by atoms with Crippen LogP contribution in [0.15, 0.2) is 0 Å². The van der Waals surface area contributed by atoms with Gasteiger partial charge in [-0.2, -0.15) is 0 Å². The van der Waals surface area contributed by atoms with Crippen LogP contribution in [0.1, 0.15) is 52.4 Å². The van der Waals surface area contributed by atoms with E-state index in [-0.39, 0.29) is 5.91 Å². The standard InChI is InChI=1S/C16H24N2O3/c1-3-16(4-2)13(19)17-15(21)18(14(16)20)9-12(10-5-6-10)11-7-8-11/h10-12H,3-9H2,1-2H3,(H,17,19,21). The molecule has 0 aromatic heterocycles. The first kappa shape index (κ1) is 14.5. The Morgan fingerprint density at radius 2 is 1.62 bits per heavy atom. The van der Waals surface area contributed by atoms with Crippen LogP contribution >= 0.6 is 0 Å². The molecular weight excluding hydrogens is 268 g/mol. The lowest BCUT2D eigenvalue weighted by Gasteiger charge is -2.39. The summed E-state index contributed by atoms with van der Waals surface area (Å²) in [6.07, 6.45) is 5.75. The van der Waals surface area contributed by atoms with Crippen LogP contribution in [0.4, 0.5) is 4.79 Å². The summed E-state index contributed by atoms with van der Waals surface area (Å²) in [7, 11) is 0. The largest absolute Gasteiger partial charge is 0.330 e. The molecule has 5 nitrogen and oxygen atoms in total. The third kappa shape index (κ3) is 2.36. The van der Waals surface area contributed by atoms with Crippen molar-refractivity contribution in [2.45, 2.75) is 52.4 Å². The number of imide groups is 2. The molecule has 1 N–H and O–H groups in total. The monoisotopic (exact) mass is 292 g/mol. The molecule has 0 radical (unpaired) electrons. The van der Waals surface area contributed by atoms with E-state index < -0.39 is 17.4 Å². The molecule has 2 saturated carbocycles. The molecule has 0 atom stereocenters. The molecule has 5 heteroatoms. The van der Waals surface area contributed by atoms with Gasteiger partial charge in [0.15, 0.2) is 0 Å². The van der Waals surface area contributed by atoms with Crippen molar-refractivity contribution in [3.8, 4) is 0 Å². The molecule has 3 fully saturated rings. The molecule has 0 bridgehead atoms. The molecule has 0 unspecified atom stereocenters. The van der Waals surface area contributed by atoms with E-state index in [1.165, 1.54) is 30.6 Å². The average molecular weight is 292 g/mol. The van der Waals surface area contributed by atoms with Crippen molar-refractivity contribution in [3.63, 3.8) is 0 Å². The van der Waals surface area contributed by atoms with E-state index in [2.05, 4.69) is 5.32 Å². The van der Waals surface area contributed by atoms with Gasteiger partial charge in [0.2, 0.25) is 11.8 Å². The molecule has 2 aliphatic carbocycles. The lowest BCUT2D eigenvalue weighted by Crippen LogP contribution is -2.64. The van der Waals surface area contributed by atoms with E-state index >= 15 is 0 Å². The van der Waals surface area contributed by atoms with Gasteiger partial charge in [0, 0.05) is 6.54 Å². The topological polar surface area (TPSA) is 66.5 Å². The Balaban J connectivity index is 1.81. The number of rotatable bonds is 6. The molecule has 0 aromatic rings. The van der Waals surface area contributed by atoms with Crippen LogP contribution in [-0.4, -0.2) is 29.3 Å². The number of hydrogen-bond donors (Lipinski definition) is 1. The fourth-order valence-corrected chi connectivity index (χ4v) is 3.71. The zero-order valence-corrected chi connectivity index (χ0v) is 12.9. The number of carbonyl (C=O) groups excluding carboxylic acids is 3. The zero-order valence-electron chi connectivity index (χ0n) is 12.9. The molecule has 3 rings (SSSR count). The van der Waals surface area contributed by atoms with Gasteiger partial charge in [-0.25, -0.2) is 4.79 Å². The molecule has 0 aromatic carbocycles. The summed E-state index contributed by atoms with van der Waals surface area (Å²) >= 11 is 0. The van der Waals surface area contributed by atoms with E-state index in [0.29, 0.717) is 37.1 Å². The maximum atomic E-state index is 12.8. The first-order chi connectivity index (χ1) is 10.0. The minimum absolute atomic E-state index is 0.285. The molecule has 0 spiro atoms. The second-order valence-corrected chi connectivity index (χ2v) is 6.80. The minimum Gasteiger partial charge on any atom is -0.277 e. The first-order valence-corrected chi connectivity index (χ1v) is 8.21. The van der Waals surface area contributed by atoms with Crippen LogP contribution in [0.2, 0.25) is 0 Å². The number of urea groups is 1. The Morgan fingerprint density at radius 3 is 2.05 bits per heavy atom. The second-order valence-electron chi connectivity index (χ2n) is 6.80. The van der Waals surface area contributed by atoms with E-state index in [1.54, 1.807) is 0 Å². The SMILES string of the molecule is CCC1(CC)C(=O)NC(=O)N(CC(C2CC2)C2CC2)C1=O. The normalized spacial score (nSPS) is 25.5. The average Bonchev–Trinajstić information content (AvgIpc) is 3.33. The van der Waals surface area contributed by atoms with E-state index in [4.69, 9.17) is 0 Å². The number of amides is 4. The Morgan fingerprint density at radius 1 is 1.10 bits per heavy atom. The summed E-state index contributed by atoms with van der Waals surface area (Å²) in [4.78, 5) is 38.4. The number of carbonyl (C=O) groups is 3. The maximum Gasteiger partial charge on any atom is 0.330 e. The smallest absolute Gasteiger partial charge is 0.277 e. The Bertz CT molecular complexity index is 464. The van der Waals surface area contributed by atoms with Gasteiger partial charge >= 0.3 is 6.03 Å². The van der Waals surface area contributed by atoms with Gasteiger partial charge in [-0.05, 0) is 56.3 Å². The summed E-state index contributed by atoms with van der Waals surface area (Å²) in [5, 5.41) is 2.40. The van der Waals surface area contributed by atoms with Gasteiger partial charge in [-0.15, -0.1) is 0 Å². The second kappa shape index (κ2) is 5.11. The van der Waals surface area contributed by atoms with Crippen LogP contribution in [-0.2, 0) is 9.59 Å².